The molecular weight excluding hydrogens is 630 g/mol. The van der Waals surface area contributed by atoms with Gasteiger partial charge < -0.3 is 14.7 Å². The maximum atomic E-state index is 14.6. The highest BCUT2D eigenvalue weighted by Crippen LogP contribution is 2.28. The molecular formula is C41H48ClN5O2. The SMILES string of the molecule is CC(=O)N1CCCCCCCCN(C(=O)c2cnc(N3CCC(Cc4ccccc4)CC3)nc2Cc2cccc(Cl)c2)Cc2ccccc21. The standard InChI is InChI=1S/C41H48ClN5O2/c1-31(48)47-23-12-5-3-2-4-11-22-46(30-35-17-9-10-19-39(35)47)40(49)37-29-43-41(44-38(37)28-34-16-13-18-36(42)27-34)45-24-20-33(21-25-45)26-32-14-7-6-8-15-32/h6-10,13-19,27,29,33H,2-5,11-12,20-26,28,30H2,1H3. The molecule has 1 fully saturated rings. The zero-order valence-electron chi connectivity index (χ0n) is 28.7. The van der Waals surface area contributed by atoms with Crippen LogP contribution >= 0.6 is 11.6 Å². The van der Waals surface area contributed by atoms with Crippen LogP contribution in [0.5, 0.6) is 0 Å². The smallest absolute Gasteiger partial charge is 0.257 e. The molecule has 0 spiro atoms. The van der Waals surface area contributed by atoms with Gasteiger partial charge in [0.15, 0.2) is 0 Å². The Morgan fingerprint density at radius 1 is 0.796 bits per heavy atom. The number of piperidine rings is 1. The maximum absolute atomic E-state index is 14.6. The molecule has 0 unspecified atom stereocenters. The first kappa shape index (κ1) is 34.6. The molecule has 0 atom stereocenters. The van der Waals surface area contributed by atoms with E-state index in [1.165, 1.54) is 5.56 Å². The number of amides is 2. The summed E-state index contributed by atoms with van der Waals surface area (Å²) in [5, 5.41) is 0.658. The highest BCUT2D eigenvalue weighted by molar-refractivity contribution is 6.30. The van der Waals surface area contributed by atoms with Crippen LogP contribution in [-0.4, -0.2) is 52.9 Å². The number of carbonyl (C=O) groups excluding carboxylic acids is 2. The molecule has 7 nitrogen and oxygen atoms in total. The molecule has 49 heavy (non-hydrogen) atoms. The Morgan fingerprint density at radius 3 is 2.24 bits per heavy atom. The summed E-state index contributed by atoms with van der Waals surface area (Å²) in [6, 6.07) is 26.5. The van der Waals surface area contributed by atoms with Crippen molar-refractivity contribution in [3.63, 3.8) is 0 Å². The topological polar surface area (TPSA) is 69.6 Å². The number of benzene rings is 3. The predicted molar refractivity (Wildman–Crippen MR) is 198 cm³/mol. The van der Waals surface area contributed by atoms with E-state index >= 15 is 0 Å². The number of hydrogen-bond donors (Lipinski definition) is 0. The van der Waals surface area contributed by atoms with Gasteiger partial charge in [0.05, 0.1) is 11.3 Å². The van der Waals surface area contributed by atoms with Crippen LogP contribution in [0.3, 0.4) is 0 Å². The van der Waals surface area contributed by atoms with Crippen LogP contribution in [0.15, 0.2) is 85.1 Å². The van der Waals surface area contributed by atoms with Crippen molar-refractivity contribution >= 4 is 35.1 Å². The highest BCUT2D eigenvalue weighted by Gasteiger charge is 2.26. The molecule has 2 amide bonds. The average molecular weight is 678 g/mol. The predicted octanol–water partition coefficient (Wildman–Crippen LogP) is 8.53. The molecule has 0 aliphatic carbocycles. The summed E-state index contributed by atoms with van der Waals surface area (Å²) in [4.78, 5) is 43.4. The van der Waals surface area contributed by atoms with Crippen LogP contribution in [0.2, 0.25) is 5.02 Å². The molecule has 3 heterocycles. The lowest BCUT2D eigenvalue weighted by Crippen LogP contribution is -2.37. The zero-order chi connectivity index (χ0) is 34.0. The summed E-state index contributed by atoms with van der Waals surface area (Å²) >= 11 is 6.40. The van der Waals surface area contributed by atoms with E-state index in [1.54, 1.807) is 13.1 Å². The number of carbonyl (C=O) groups is 2. The molecule has 4 aromatic rings. The van der Waals surface area contributed by atoms with Gasteiger partial charge in [0, 0.05) is 63.0 Å². The third-order valence-corrected chi connectivity index (χ3v) is 10.2. The minimum Gasteiger partial charge on any atom is -0.341 e. The van der Waals surface area contributed by atoms with Crippen molar-refractivity contribution in [1.82, 2.24) is 14.9 Å². The number of rotatable bonds is 6. The first-order valence-electron chi connectivity index (χ1n) is 18.0. The second kappa shape index (κ2) is 16.9. The summed E-state index contributed by atoms with van der Waals surface area (Å²) in [7, 11) is 0. The van der Waals surface area contributed by atoms with Gasteiger partial charge in [0.1, 0.15) is 0 Å². The summed E-state index contributed by atoms with van der Waals surface area (Å²) in [5.74, 6) is 1.26. The second-order valence-corrected chi connectivity index (χ2v) is 14.0. The molecule has 0 saturated carbocycles. The average Bonchev–Trinajstić information content (AvgIpc) is 3.13. The molecule has 0 bridgehead atoms. The van der Waals surface area contributed by atoms with E-state index in [1.807, 2.05) is 58.3 Å². The van der Waals surface area contributed by atoms with Gasteiger partial charge in [-0.25, -0.2) is 9.97 Å². The number of aromatic nitrogens is 2. The summed E-state index contributed by atoms with van der Waals surface area (Å²) in [6.07, 6.45) is 11.8. The number of nitrogens with zero attached hydrogens (tertiary/aromatic N) is 5. The van der Waals surface area contributed by atoms with E-state index in [0.717, 1.165) is 87.7 Å². The van der Waals surface area contributed by atoms with Crippen molar-refractivity contribution in [2.24, 2.45) is 5.92 Å². The Balaban J connectivity index is 1.28. The van der Waals surface area contributed by atoms with Crippen LogP contribution in [0.25, 0.3) is 0 Å². The highest BCUT2D eigenvalue weighted by atomic mass is 35.5. The third kappa shape index (κ3) is 9.27. The molecule has 2 aliphatic rings. The van der Waals surface area contributed by atoms with Gasteiger partial charge in [-0.1, -0.05) is 97.9 Å². The molecule has 0 N–H and O–H groups in total. The number of anilines is 2. The van der Waals surface area contributed by atoms with Gasteiger partial charge in [-0.15, -0.1) is 0 Å². The fourth-order valence-corrected chi connectivity index (χ4v) is 7.47. The lowest BCUT2D eigenvalue weighted by atomic mass is 9.90. The van der Waals surface area contributed by atoms with Gasteiger partial charge in [-0.05, 0) is 72.9 Å². The Hall–Kier alpha value is -4.23. The first-order chi connectivity index (χ1) is 23.9. The fourth-order valence-electron chi connectivity index (χ4n) is 7.26. The Morgan fingerprint density at radius 2 is 1.49 bits per heavy atom. The fraction of sp³-hybridized carbons (Fsp3) is 0.415. The molecule has 8 heteroatoms. The number of halogens is 1. The lowest BCUT2D eigenvalue weighted by Gasteiger charge is -2.32. The van der Waals surface area contributed by atoms with E-state index in [9.17, 15) is 9.59 Å². The van der Waals surface area contributed by atoms with Gasteiger partial charge in [-0.3, -0.25) is 9.59 Å². The normalized spacial score (nSPS) is 16.7. The molecule has 256 valence electrons. The number of para-hydroxylation sites is 1. The van der Waals surface area contributed by atoms with E-state index in [2.05, 4.69) is 35.2 Å². The van der Waals surface area contributed by atoms with Gasteiger partial charge >= 0.3 is 0 Å². The van der Waals surface area contributed by atoms with Crippen LogP contribution in [0.4, 0.5) is 11.6 Å². The third-order valence-electron chi connectivity index (χ3n) is 9.98. The molecule has 1 aromatic heterocycles. The summed E-state index contributed by atoms with van der Waals surface area (Å²) in [6.45, 7) is 5.12. The van der Waals surface area contributed by atoms with Crippen molar-refractivity contribution < 1.29 is 9.59 Å². The van der Waals surface area contributed by atoms with E-state index in [0.29, 0.717) is 54.2 Å². The largest absolute Gasteiger partial charge is 0.341 e. The lowest BCUT2D eigenvalue weighted by molar-refractivity contribution is -0.116. The zero-order valence-corrected chi connectivity index (χ0v) is 29.5. The first-order valence-corrected chi connectivity index (χ1v) is 18.4. The second-order valence-electron chi connectivity index (χ2n) is 13.6. The van der Waals surface area contributed by atoms with Crippen LogP contribution in [-0.2, 0) is 24.2 Å². The number of fused-ring (bicyclic) bond motifs is 1. The maximum Gasteiger partial charge on any atom is 0.257 e. The molecule has 6 rings (SSSR count). The number of hydrogen-bond acceptors (Lipinski definition) is 5. The Bertz CT molecular complexity index is 1710. The Labute approximate surface area is 296 Å². The van der Waals surface area contributed by atoms with Crippen molar-refractivity contribution in [2.45, 2.75) is 77.7 Å². The van der Waals surface area contributed by atoms with Crippen LogP contribution in [0, 0.1) is 5.92 Å². The van der Waals surface area contributed by atoms with Crippen molar-refractivity contribution in [3.05, 3.63) is 118 Å². The van der Waals surface area contributed by atoms with Gasteiger partial charge in [0.25, 0.3) is 5.91 Å². The van der Waals surface area contributed by atoms with Gasteiger partial charge in [-0.2, -0.15) is 0 Å². The summed E-state index contributed by atoms with van der Waals surface area (Å²) in [5.41, 5.74) is 5.47. The molecule has 0 radical (unpaired) electrons. The van der Waals surface area contributed by atoms with Crippen LogP contribution < -0.4 is 9.80 Å². The van der Waals surface area contributed by atoms with Crippen molar-refractivity contribution in [3.8, 4) is 0 Å². The van der Waals surface area contributed by atoms with Crippen molar-refractivity contribution in [1.29, 1.82) is 0 Å². The van der Waals surface area contributed by atoms with Crippen molar-refractivity contribution in [2.75, 3.05) is 36.0 Å². The summed E-state index contributed by atoms with van der Waals surface area (Å²) < 4.78 is 0. The minimum atomic E-state index is -0.0794. The molecule has 2 aliphatic heterocycles. The molecule has 3 aromatic carbocycles. The van der Waals surface area contributed by atoms with E-state index in [-0.39, 0.29) is 11.8 Å². The van der Waals surface area contributed by atoms with E-state index < -0.39 is 0 Å². The van der Waals surface area contributed by atoms with E-state index in [4.69, 9.17) is 21.6 Å². The monoisotopic (exact) mass is 677 g/mol. The Kier molecular flexibility index (Phi) is 12.0. The van der Waals surface area contributed by atoms with Gasteiger partial charge in [0.2, 0.25) is 11.9 Å². The van der Waals surface area contributed by atoms with Crippen LogP contribution in [0.1, 0.15) is 91.0 Å². The quantitative estimate of drug-likeness (QED) is 0.205. The molecule has 1 saturated heterocycles. The minimum absolute atomic E-state index is 0.0251.